The third kappa shape index (κ3) is 7.19. The molecule has 12 nitrogen and oxygen atoms in total. The van der Waals surface area contributed by atoms with E-state index >= 15 is 0 Å². The maximum absolute atomic E-state index is 13.7. The summed E-state index contributed by atoms with van der Waals surface area (Å²) in [7, 11) is -3.74. The predicted octanol–water partition coefficient (Wildman–Crippen LogP) is 2.16. The van der Waals surface area contributed by atoms with Crippen LogP contribution in [-0.2, 0) is 19.6 Å². The van der Waals surface area contributed by atoms with Gasteiger partial charge in [-0.1, -0.05) is 12.1 Å². The molecule has 226 valence electrons. The van der Waals surface area contributed by atoms with Crippen molar-refractivity contribution < 1.29 is 32.3 Å². The van der Waals surface area contributed by atoms with Crippen molar-refractivity contribution in [2.75, 3.05) is 32.8 Å². The van der Waals surface area contributed by atoms with Gasteiger partial charge in [0.25, 0.3) is 5.91 Å². The second kappa shape index (κ2) is 11.9. The van der Waals surface area contributed by atoms with E-state index in [2.05, 4.69) is 15.6 Å². The van der Waals surface area contributed by atoms with Crippen LogP contribution in [0.4, 0.5) is 4.79 Å². The Kier molecular flexibility index (Phi) is 8.42. The van der Waals surface area contributed by atoms with Crippen LogP contribution < -0.4 is 15.4 Å². The van der Waals surface area contributed by atoms with Crippen molar-refractivity contribution in [1.29, 1.82) is 0 Å². The molecule has 4 bridgehead atoms. The van der Waals surface area contributed by atoms with E-state index in [1.807, 2.05) is 18.2 Å². The summed E-state index contributed by atoms with van der Waals surface area (Å²) in [5.41, 5.74) is 1.16. The summed E-state index contributed by atoms with van der Waals surface area (Å²) in [6.07, 6.45) is 4.00. The highest BCUT2D eigenvalue weighted by atomic mass is 32.2. The molecular weight excluding hydrogens is 562 g/mol. The van der Waals surface area contributed by atoms with Crippen molar-refractivity contribution in [3.05, 3.63) is 48.3 Å². The molecule has 0 unspecified atom stereocenters. The van der Waals surface area contributed by atoms with Gasteiger partial charge in [-0.3, -0.25) is 14.6 Å². The molecule has 1 aromatic heterocycles. The molecule has 2 N–H and O–H groups in total. The minimum atomic E-state index is -3.74. The number of alkyl carbamates (subject to hydrolysis) is 1. The van der Waals surface area contributed by atoms with Gasteiger partial charge in [-0.2, -0.15) is 4.31 Å². The standard InChI is InChI=1S/C29H37N5O7S/c1-29(2,3)41-28(37)32-22-13-23-18-40-24-6-4-5-19(12-24)20-11-21(15-30-14-20)27(36)31-9-10-33(17-26(35)34(23)16-22)42(38,39)25-7-8-25/h4-6,11-12,14-15,22-23,25H,7-10,13,16-18H2,1-3H3,(H,31,36)(H,32,37)/t22-,23+/m1/s1. The molecule has 0 radical (unpaired) electrons. The molecule has 5 rings (SSSR count). The van der Waals surface area contributed by atoms with Crippen molar-refractivity contribution >= 4 is 27.9 Å². The zero-order valence-electron chi connectivity index (χ0n) is 24.0. The van der Waals surface area contributed by atoms with Crippen LogP contribution in [0.3, 0.4) is 0 Å². The Labute approximate surface area is 245 Å². The first-order valence-corrected chi connectivity index (χ1v) is 15.6. The summed E-state index contributed by atoms with van der Waals surface area (Å²) >= 11 is 0. The summed E-state index contributed by atoms with van der Waals surface area (Å²) in [4.78, 5) is 44.9. The van der Waals surface area contributed by atoms with Crippen molar-refractivity contribution in [3.8, 4) is 16.9 Å². The highest BCUT2D eigenvalue weighted by Crippen LogP contribution is 2.31. The highest BCUT2D eigenvalue weighted by Gasteiger charge is 2.43. The number of amides is 3. The van der Waals surface area contributed by atoms with E-state index in [-0.39, 0.29) is 32.8 Å². The van der Waals surface area contributed by atoms with Crippen LogP contribution in [-0.4, -0.2) is 96.2 Å². The van der Waals surface area contributed by atoms with Crippen LogP contribution in [0.25, 0.3) is 11.1 Å². The number of rotatable bonds is 3. The van der Waals surface area contributed by atoms with Crippen LogP contribution in [0, 0.1) is 0 Å². The minimum absolute atomic E-state index is 0.0210. The number of nitrogens with zero attached hydrogens (tertiary/aromatic N) is 3. The van der Waals surface area contributed by atoms with Crippen molar-refractivity contribution in [1.82, 2.24) is 24.8 Å². The lowest BCUT2D eigenvalue weighted by molar-refractivity contribution is -0.132. The molecule has 1 saturated carbocycles. The van der Waals surface area contributed by atoms with Crippen molar-refractivity contribution in [2.24, 2.45) is 0 Å². The number of aromatic nitrogens is 1. The van der Waals surface area contributed by atoms with E-state index in [1.165, 1.54) is 6.20 Å². The average Bonchev–Trinajstić information content (AvgIpc) is 3.72. The van der Waals surface area contributed by atoms with E-state index in [0.29, 0.717) is 30.6 Å². The van der Waals surface area contributed by atoms with Crippen LogP contribution >= 0.6 is 0 Å². The smallest absolute Gasteiger partial charge is 0.407 e. The van der Waals surface area contributed by atoms with Gasteiger partial charge in [0.15, 0.2) is 0 Å². The molecule has 3 aliphatic rings. The number of carbonyl (C=O) groups is 3. The monoisotopic (exact) mass is 599 g/mol. The summed E-state index contributed by atoms with van der Waals surface area (Å²) in [6, 6.07) is 8.22. The molecule has 1 aromatic carbocycles. The quantitative estimate of drug-likeness (QED) is 0.546. The molecule has 13 heteroatoms. The molecule has 3 amide bonds. The zero-order valence-corrected chi connectivity index (χ0v) is 24.9. The van der Waals surface area contributed by atoms with Crippen LogP contribution in [0.15, 0.2) is 42.7 Å². The fraction of sp³-hybridized carbons (Fsp3) is 0.517. The Morgan fingerprint density at radius 1 is 1.12 bits per heavy atom. The Balaban J connectivity index is 1.43. The van der Waals surface area contributed by atoms with Crippen LogP contribution in [0.5, 0.6) is 5.75 Å². The minimum Gasteiger partial charge on any atom is -0.491 e. The Hall–Kier alpha value is -3.71. The van der Waals surface area contributed by atoms with Gasteiger partial charge < -0.3 is 25.0 Å². The lowest BCUT2D eigenvalue weighted by Crippen LogP contribution is -2.49. The van der Waals surface area contributed by atoms with Crippen molar-refractivity contribution in [2.45, 2.75) is 63.0 Å². The molecule has 0 spiro atoms. The van der Waals surface area contributed by atoms with Crippen molar-refractivity contribution in [3.63, 3.8) is 0 Å². The third-order valence-electron chi connectivity index (χ3n) is 7.33. The number of carbonyl (C=O) groups excluding carboxylic acids is 3. The first-order chi connectivity index (χ1) is 19.9. The molecule has 2 aromatic rings. The van der Waals surface area contributed by atoms with Gasteiger partial charge in [0.05, 0.1) is 29.4 Å². The molecule has 3 heterocycles. The second-order valence-corrected chi connectivity index (χ2v) is 14.1. The van der Waals surface area contributed by atoms with Gasteiger partial charge >= 0.3 is 6.09 Å². The zero-order chi connectivity index (χ0) is 30.1. The first-order valence-electron chi connectivity index (χ1n) is 14.1. The average molecular weight is 600 g/mol. The second-order valence-electron chi connectivity index (χ2n) is 11.9. The largest absolute Gasteiger partial charge is 0.491 e. The van der Waals surface area contributed by atoms with E-state index in [9.17, 15) is 22.8 Å². The molecule has 1 saturated heterocycles. The molecular formula is C29H37N5O7S. The molecule has 2 atom stereocenters. The third-order valence-corrected chi connectivity index (χ3v) is 9.68. The number of nitrogens with one attached hydrogen (secondary N) is 2. The number of sulfonamides is 1. The molecule has 2 aliphatic heterocycles. The number of fused-ring (bicyclic) bond motifs is 6. The van der Waals surface area contributed by atoms with Gasteiger partial charge in [-0.15, -0.1) is 0 Å². The summed E-state index contributed by atoms with van der Waals surface area (Å²) in [5.74, 6) is -0.242. The van der Waals surface area contributed by atoms with E-state index < -0.39 is 50.9 Å². The highest BCUT2D eigenvalue weighted by molar-refractivity contribution is 7.90. The SMILES string of the molecule is CC(C)(C)OC(=O)N[C@@H]1C[C@H]2COc3cccc(c3)-c3cncc(c3)C(=O)NCCN(S(=O)(=O)C3CC3)CC(=O)N2C1. The number of ether oxygens (including phenoxy) is 2. The Morgan fingerprint density at radius 3 is 2.62 bits per heavy atom. The topological polar surface area (TPSA) is 147 Å². The van der Waals surface area contributed by atoms with E-state index in [1.54, 1.807) is 44.0 Å². The number of hydrogen-bond donors (Lipinski definition) is 2. The lowest BCUT2D eigenvalue weighted by atomic mass is 10.1. The van der Waals surface area contributed by atoms with Crippen LogP contribution in [0.1, 0.15) is 50.4 Å². The number of pyridine rings is 1. The summed E-state index contributed by atoms with van der Waals surface area (Å²) in [5, 5.41) is 5.08. The fourth-order valence-corrected chi connectivity index (χ4v) is 6.94. The van der Waals surface area contributed by atoms with E-state index in [0.717, 1.165) is 15.4 Å². The van der Waals surface area contributed by atoms with Gasteiger partial charge in [0, 0.05) is 37.6 Å². The summed E-state index contributed by atoms with van der Waals surface area (Å²) < 4.78 is 39.3. The number of benzene rings is 1. The van der Waals surface area contributed by atoms with Gasteiger partial charge in [-0.05, 0) is 63.8 Å². The predicted molar refractivity (Wildman–Crippen MR) is 154 cm³/mol. The Morgan fingerprint density at radius 2 is 1.88 bits per heavy atom. The normalized spacial score (nSPS) is 22.4. The fourth-order valence-electron chi connectivity index (χ4n) is 5.15. The lowest BCUT2D eigenvalue weighted by Gasteiger charge is -2.28. The number of hydrogen-bond acceptors (Lipinski definition) is 8. The first kappa shape index (κ1) is 29.8. The maximum atomic E-state index is 13.7. The van der Waals surface area contributed by atoms with Gasteiger partial charge in [0.2, 0.25) is 15.9 Å². The van der Waals surface area contributed by atoms with Gasteiger partial charge in [-0.25, -0.2) is 13.2 Å². The Bertz CT molecular complexity index is 1450. The van der Waals surface area contributed by atoms with E-state index in [4.69, 9.17) is 9.47 Å². The summed E-state index contributed by atoms with van der Waals surface area (Å²) in [6.45, 7) is 5.20. The molecule has 1 aliphatic carbocycles. The molecule has 42 heavy (non-hydrogen) atoms. The van der Waals surface area contributed by atoms with Crippen LogP contribution in [0.2, 0.25) is 0 Å². The molecule has 2 fully saturated rings. The van der Waals surface area contributed by atoms with Gasteiger partial charge in [0.1, 0.15) is 18.0 Å². The maximum Gasteiger partial charge on any atom is 0.407 e.